The van der Waals surface area contributed by atoms with Crippen molar-refractivity contribution >= 4 is 5.69 Å². The van der Waals surface area contributed by atoms with Gasteiger partial charge in [-0.05, 0) is 25.8 Å². The van der Waals surface area contributed by atoms with Gasteiger partial charge in [-0.2, -0.15) is 4.39 Å². The van der Waals surface area contributed by atoms with Gasteiger partial charge in [0.25, 0.3) is 0 Å². The van der Waals surface area contributed by atoms with Gasteiger partial charge in [0.05, 0.1) is 4.92 Å². The fraction of sp³-hybridized carbons (Fsp3) is 0.538. The number of rotatable bonds is 7. The number of halogens is 1. The predicted octanol–water partition coefficient (Wildman–Crippen LogP) is 1.62. The zero-order valence-electron chi connectivity index (χ0n) is 11.1. The van der Waals surface area contributed by atoms with Crippen LogP contribution in [0.5, 0.6) is 5.75 Å². The molecule has 1 aromatic carbocycles. The predicted molar refractivity (Wildman–Crippen MR) is 70.2 cm³/mol. The second-order valence-corrected chi connectivity index (χ2v) is 5.31. The van der Waals surface area contributed by atoms with E-state index in [9.17, 15) is 19.6 Å². The van der Waals surface area contributed by atoms with E-state index in [2.05, 4.69) is 5.32 Å². The molecule has 0 amide bonds. The van der Waals surface area contributed by atoms with Gasteiger partial charge in [-0.25, -0.2) is 0 Å². The first-order chi connectivity index (χ1) is 9.37. The van der Waals surface area contributed by atoms with E-state index in [0.29, 0.717) is 12.6 Å². The van der Waals surface area contributed by atoms with Gasteiger partial charge in [-0.15, -0.1) is 0 Å². The van der Waals surface area contributed by atoms with Gasteiger partial charge >= 0.3 is 5.69 Å². The number of nitro benzene ring substituents is 1. The number of nitrogens with one attached hydrogen (secondary N) is 1. The maximum absolute atomic E-state index is 13.4. The molecular formula is C13H17FN2O4. The van der Waals surface area contributed by atoms with Crippen molar-refractivity contribution in [3.8, 4) is 5.75 Å². The molecule has 110 valence electrons. The highest BCUT2D eigenvalue weighted by Gasteiger charge is 2.27. The molecule has 0 heterocycles. The Hall–Kier alpha value is -1.73. The number of benzene rings is 1. The molecule has 0 bridgehead atoms. The lowest BCUT2D eigenvalue weighted by atomic mass is 10.1. The summed E-state index contributed by atoms with van der Waals surface area (Å²) in [5.74, 6) is -0.803. The van der Waals surface area contributed by atoms with Crippen LogP contribution in [-0.2, 0) is 0 Å². The average Bonchev–Trinajstić information content (AvgIpc) is 3.18. The minimum atomic E-state index is -1.08. The molecule has 0 radical (unpaired) electrons. The van der Waals surface area contributed by atoms with Crippen LogP contribution in [0.1, 0.15) is 19.8 Å². The Morgan fingerprint density at radius 2 is 2.30 bits per heavy atom. The molecule has 1 unspecified atom stereocenters. The number of aliphatic hydroxyl groups is 1. The molecule has 0 saturated heterocycles. The SMILES string of the molecule is CC(O)(CNC1CC1)COc1ccc([N+](=O)[O-])c(F)c1. The number of hydrogen-bond donors (Lipinski definition) is 2. The highest BCUT2D eigenvalue weighted by Crippen LogP contribution is 2.23. The molecule has 0 aliphatic heterocycles. The molecule has 1 fully saturated rings. The van der Waals surface area contributed by atoms with Crippen molar-refractivity contribution in [2.45, 2.75) is 31.4 Å². The summed E-state index contributed by atoms with van der Waals surface area (Å²) in [6.07, 6.45) is 2.23. The fourth-order valence-electron chi connectivity index (χ4n) is 1.67. The molecular weight excluding hydrogens is 267 g/mol. The van der Waals surface area contributed by atoms with E-state index >= 15 is 0 Å². The summed E-state index contributed by atoms with van der Waals surface area (Å²) in [6.45, 7) is 1.97. The van der Waals surface area contributed by atoms with Crippen LogP contribution in [0.25, 0.3) is 0 Å². The van der Waals surface area contributed by atoms with Gasteiger partial charge < -0.3 is 15.2 Å². The third-order valence-corrected chi connectivity index (χ3v) is 3.01. The van der Waals surface area contributed by atoms with Crippen molar-refractivity contribution in [1.29, 1.82) is 0 Å². The van der Waals surface area contributed by atoms with Crippen LogP contribution >= 0.6 is 0 Å². The van der Waals surface area contributed by atoms with Crippen molar-refractivity contribution in [2.75, 3.05) is 13.2 Å². The average molecular weight is 284 g/mol. The zero-order valence-corrected chi connectivity index (χ0v) is 11.1. The smallest absolute Gasteiger partial charge is 0.305 e. The Labute approximate surface area is 115 Å². The molecule has 20 heavy (non-hydrogen) atoms. The summed E-state index contributed by atoms with van der Waals surface area (Å²) in [5, 5.41) is 23.7. The van der Waals surface area contributed by atoms with E-state index in [1.807, 2.05) is 0 Å². The van der Waals surface area contributed by atoms with E-state index in [1.165, 1.54) is 6.07 Å². The lowest BCUT2D eigenvalue weighted by molar-refractivity contribution is -0.387. The van der Waals surface area contributed by atoms with Crippen LogP contribution in [0.3, 0.4) is 0 Å². The Kier molecular flexibility index (Phi) is 4.20. The van der Waals surface area contributed by atoms with E-state index in [4.69, 9.17) is 4.74 Å². The van der Waals surface area contributed by atoms with Gasteiger partial charge in [0.1, 0.15) is 18.0 Å². The van der Waals surface area contributed by atoms with Crippen molar-refractivity contribution < 1.29 is 19.2 Å². The lowest BCUT2D eigenvalue weighted by Crippen LogP contribution is -2.43. The van der Waals surface area contributed by atoms with Gasteiger partial charge in [-0.3, -0.25) is 10.1 Å². The maximum atomic E-state index is 13.4. The summed E-state index contributed by atoms with van der Waals surface area (Å²) >= 11 is 0. The number of hydrogen-bond acceptors (Lipinski definition) is 5. The summed E-state index contributed by atoms with van der Waals surface area (Å²) < 4.78 is 18.7. The normalized spacial score (nSPS) is 17.6. The topological polar surface area (TPSA) is 84.6 Å². The highest BCUT2D eigenvalue weighted by atomic mass is 19.1. The maximum Gasteiger partial charge on any atom is 0.305 e. The fourth-order valence-corrected chi connectivity index (χ4v) is 1.67. The van der Waals surface area contributed by atoms with E-state index in [1.54, 1.807) is 6.92 Å². The van der Waals surface area contributed by atoms with Crippen LogP contribution in [0, 0.1) is 15.9 Å². The van der Waals surface area contributed by atoms with Crippen LogP contribution in [0.2, 0.25) is 0 Å². The number of nitrogens with zero attached hydrogens (tertiary/aromatic N) is 1. The van der Waals surface area contributed by atoms with Crippen molar-refractivity contribution in [3.05, 3.63) is 34.1 Å². The van der Waals surface area contributed by atoms with Gasteiger partial charge in [0.15, 0.2) is 0 Å². The molecule has 1 aliphatic carbocycles. The Morgan fingerprint density at radius 1 is 1.60 bits per heavy atom. The molecule has 0 spiro atoms. The molecule has 1 saturated carbocycles. The van der Waals surface area contributed by atoms with E-state index in [-0.39, 0.29) is 12.4 Å². The van der Waals surface area contributed by atoms with Gasteiger partial charge in [0.2, 0.25) is 5.82 Å². The highest BCUT2D eigenvalue weighted by molar-refractivity contribution is 5.37. The number of nitro groups is 1. The Morgan fingerprint density at radius 3 is 2.85 bits per heavy atom. The van der Waals surface area contributed by atoms with Crippen LogP contribution in [0.15, 0.2) is 18.2 Å². The number of ether oxygens (including phenoxy) is 1. The first kappa shape index (κ1) is 14.7. The minimum Gasteiger partial charge on any atom is -0.490 e. The largest absolute Gasteiger partial charge is 0.490 e. The van der Waals surface area contributed by atoms with Crippen molar-refractivity contribution in [1.82, 2.24) is 5.32 Å². The Balaban J connectivity index is 1.89. The Bertz CT molecular complexity index is 503. The molecule has 1 atom stereocenters. The lowest BCUT2D eigenvalue weighted by Gasteiger charge is -2.24. The second-order valence-electron chi connectivity index (χ2n) is 5.31. The summed E-state index contributed by atoms with van der Waals surface area (Å²) in [4.78, 5) is 9.68. The molecule has 7 heteroatoms. The molecule has 0 aromatic heterocycles. The van der Waals surface area contributed by atoms with Gasteiger partial charge in [-0.1, -0.05) is 0 Å². The third-order valence-electron chi connectivity index (χ3n) is 3.01. The van der Waals surface area contributed by atoms with Crippen molar-refractivity contribution in [3.63, 3.8) is 0 Å². The van der Waals surface area contributed by atoms with E-state index in [0.717, 1.165) is 25.0 Å². The first-order valence-corrected chi connectivity index (χ1v) is 6.40. The quantitative estimate of drug-likeness (QED) is 0.587. The molecule has 2 N–H and O–H groups in total. The zero-order chi connectivity index (χ0) is 14.8. The standard InChI is InChI=1S/C13H17FN2O4/c1-13(17,7-15-9-2-3-9)8-20-10-4-5-12(16(18)19)11(14)6-10/h4-6,9,15,17H,2-3,7-8H2,1H3. The monoisotopic (exact) mass is 284 g/mol. The van der Waals surface area contributed by atoms with Gasteiger partial charge in [0, 0.05) is 24.7 Å². The minimum absolute atomic E-state index is 0.0238. The summed E-state index contributed by atoms with van der Waals surface area (Å²) in [7, 11) is 0. The van der Waals surface area contributed by atoms with Crippen LogP contribution in [0.4, 0.5) is 10.1 Å². The summed E-state index contributed by atoms with van der Waals surface area (Å²) in [6, 6.07) is 3.77. The first-order valence-electron chi connectivity index (χ1n) is 6.40. The molecule has 1 aromatic rings. The third kappa shape index (κ3) is 4.14. The second kappa shape index (κ2) is 5.72. The molecule has 1 aliphatic rings. The molecule has 2 rings (SSSR count). The van der Waals surface area contributed by atoms with Crippen LogP contribution < -0.4 is 10.1 Å². The summed E-state index contributed by atoms with van der Waals surface area (Å²) in [5.41, 5.74) is -1.68. The van der Waals surface area contributed by atoms with Crippen LogP contribution in [-0.4, -0.2) is 34.8 Å². The molecule has 6 nitrogen and oxygen atoms in total. The van der Waals surface area contributed by atoms with Crippen molar-refractivity contribution in [2.24, 2.45) is 0 Å². The van der Waals surface area contributed by atoms with E-state index < -0.39 is 22.0 Å².